The number of carboxylic acids is 2. The SMILES string of the molecule is CC(=O)O.O=C(O)C[C@@H]1CN(C(=O)Cn2ccc3ccccc32)C[C@H]1O. The molecule has 1 aliphatic rings. The fraction of sp³-hybridized carbons (Fsp3) is 0.389. The molecule has 140 valence electrons. The van der Waals surface area contributed by atoms with E-state index in [1.165, 1.54) is 0 Å². The Bertz CT molecular complexity index is 796. The van der Waals surface area contributed by atoms with E-state index >= 15 is 0 Å². The van der Waals surface area contributed by atoms with Crippen LogP contribution >= 0.6 is 0 Å². The predicted octanol–water partition coefficient (Wildman–Crippen LogP) is 1.03. The van der Waals surface area contributed by atoms with Gasteiger partial charge in [0, 0.05) is 37.6 Å². The third-order valence-electron chi connectivity index (χ3n) is 4.18. The number of carboxylic acid groups (broad SMARTS) is 2. The maximum Gasteiger partial charge on any atom is 0.303 e. The first-order chi connectivity index (χ1) is 12.3. The number of likely N-dealkylation sites (tertiary alicyclic amines) is 1. The number of aliphatic hydroxyl groups excluding tert-OH is 1. The molecule has 2 atom stereocenters. The van der Waals surface area contributed by atoms with Gasteiger partial charge < -0.3 is 24.8 Å². The molecule has 0 saturated carbocycles. The zero-order valence-electron chi connectivity index (χ0n) is 14.4. The number of carbonyl (C=O) groups excluding carboxylic acids is 1. The second kappa shape index (κ2) is 8.48. The Balaban J connectivity index is 0.000000552. The normalized spacial score (nSPS) is 19.1. The fourth-order valence-electron chi connectivity index (χ4n) is 3.01. The number of amides is 1. The van der Waals surface area contributed by atoms with Crippen molar-refractivity contribution in [3.63, 3.8) is 0 Å². The molecule has 8 nitrogen and oxygen atoms in total. The lowest BCUT2D eigenvalue weighted by molar-refractivity contribution is -0.139. The number of carbonyl (C=O) groups is 3. The van der Waals surface area contributed by atoms with Crippen molar-refractivity contribution >= 4 is 28.7 Å². The first kappa shape index (κ1) is 19.5. The summed E-state index contributed by atoms with van der Waals surface area (Å²) >= 11 is 0. The molecule has 1 amide bonds. The van der Waals surface area contributed by atoms with Crippen LogP contribution in [0.3, 0.4) is 0 Å². The molecule has 0 bridgehead atoms. The zero-order valence-corrected chi connectivity index (χ0v) is 14.4. The van der Waals surface area contributed by atoms with E-state index in [1.54, 1.807) is 4.90 Å². The molecule has 1 saturated heterocycles. The Morgan fingerprint density at radius 3 is 2.42 bits per heavy atom. The van der Waals surface area contributed by atoms with E-state index in [4.69, 9.17) is 15.0 Å². The number of fused-ring (bicyclic) bond motifs is 1. The van der Waals surface area contributed by atoms with E-state index < -0.39 is 18.0 Å². The Labute approximate surface area is 150 Å². The van der Waals surface area contributed by atoms with Crippen molar-refractivity contribution in [1.82, 2.24) is 9.47 Å². The molecule has 0 radical (unpaired) electrons. The van der Waals surface area contributed by atoms with Crippen LogP contribution in [0.15, 0.2) is 36.5 Å². The van der Waals surface area contributed by atoms with Gasteiger partial charge in [0.1, 0.15) is 6.54 Å². The van der Waals surface area contributed by atoms with Crippen molar-refractivity contribution in [2.45, 2.75) is 26.0 Å². The maximum absolute atomic E-state index is 12.4. The number of benzene rings is 1. The van der Waals surface area contributed by atoms with Crippen LogP contribution in [0.2, 0.25) is 0 Å². The number of para-hydroxylation sites is 1. The fourth-order valence-corrected chi connectivity index (χ4v) is 3.01. The molecule has 2 aromatic rings. The average molecular weight is 362 g/mol. The van der Waals surface area contributed by atoms with Gasteiger partial charge >= 0.3 is 5.97 Å². The highest BCUT2D eigenvalue weighted by Gasteiger charge is 2.35. The third-order valence-corrected chi connectivity index (χ3v) is 4.18. The number of hydrogen-bond donors (Lipinski definition) is 3. The number of aromatic nitrogens is 1. The van der Waals surface area contributed by atoms with Gasteiger partial charge in [-0.05, 0) is 17.5 Å². The monoisotopic (exact) mass is 362 g/mol. The summed E-state index contributed by atoms with van der Waals surface area (Å²) in [7, 11) is 0. The van der Waals surface area contributed by atoms with Crippen molar-refractivity contribution in [3.05, 3.63) is 36.5 Å². The van der Waals surface area contributed by atoms with Crippen LogP contribution in [0, 0.1) is 5.92 Å². The number of β-amino-alcohol motifs (C(OH)–C–C–N with tert-alkyl or cyclic N) is 1. The standard InChI is InChI=1S/C16H18N2O4.C2H4O2/c19-14-9-18(8-12(14)7-16(21)22)15(20)10-17-6-5-11-3-1-2-4-13(11)17;1-2(3)4/h1-6,12,14,19H,7-10H2,(H,21,22);1H3,(H,3,4)/t12-,14-;/m1./s1. The van der Waals surface area contributed by atoms with Gasteiger partial charge in [0.15, 0.2) is 0 Å². The molecule has 1 aromatic heterocycles. The number of aliphatic carboxylic acids is 2. The van der Waals surface area contributed by atoms with Gasteiger partial charge in [0.2, 0.25) is 5.91 Å². The minimum Gasteiger partial charge on any atom is -0.481 e. The lowest BCUT2D eigenvalue weighted by Crippen LogP contribution is -2.32. The van der Waals surface area contributed by atoms with Crippen LogP contribution in [0.5, 0.6) is 0 Å². The van der Waals surface area contributed by atoms with Crippen LogP contribution < -0.4 is 0 Å². The van der Waals surface area contributed by atoms with Crippen molar-refractivity contribution in [2.24, 2.45) is 5.92 Å². The summed E-state index contributed by atoms with van der Waals surface area (Å²) in [5.41, 5.74) is 0.984. The van der Waals surface area contributed by atoms with Crippen molar-refractivity contribution in [3.8, 4) is 0 Å². The predicted molar refractivity (Wildman–Crippen MR) is 93.6 cm³/mol. The summed E-state index contributed by atoms with van der Waals surface area (Å²) in [4.78, 5) is 33.7. The molecule has 8 heteroatoms. The van der Waals surface area contributed by atoms with Gasteiger partial charge in [0.05, 0.1) is 12.5 Å². The Morgan fingerprint density at radius 2 is 1.77 bits per heavy atom. The second-order valence-corrected chi connectivity index (χ2v) is 6.25. The number of aliphatic hydroxyl groups is 1. The van der Waals surface area contributed by atoms with E-state index in [-0.39, 0.29) is 31.3 Å². The summed E-state index contributed by atoms with van der Waals surface area (Å²) in [6, 6.07) is 9.76. The van der Waals surface area contributed by atoms with Crippen LogP contribution in [0.4, 0.5) is 0 Å². The molecule has 3 N–H and O–H groups in total. The van der Waals surface area contributed by atoms with E-state index in [1.807, 2.05) is 41.1 Å². The minimum atomic E-state index is -0.949. The summed E-state index contributed by atoms with van der Waals surface area (Å²) in [6.45, 7) is 1.78. The highest BCUT2D eigenvalue weighted by molar-refractivity contribution is 5.83. The molecule has 3 rings (SSSR count). The van der Waals surface area contributed by atoms with Gasteiger partial charge in [-0.15, -0.1) is 0 Å². The average Bonchev–Trinajstić information content (AvgIpc) is 3.11. The van der Waals surface area contributed by atoms with Crippen LogP contribution in [-0.4, -0.2) is 61.8 Å². The van der Waals surface area contributed by atoms with E-state index in [2.05, 4.69) is 0 Å². The lowest BCUT2D eigenvalue weighted by Gasteiger charge is -2.16. The first-order valence-electron chi connectivity index (χ1n) is 8.19. The second-order valence-electron chi connectivity index (χ2n) is 6.25. The Hall–Kier alpha value is -2.87. The highest BCUT2D eigenvalue weighted by Crippen LogP contribution is 2.21. The molecule has 0 unspecified atom stereocenters. The molecule has 1 aromatic carbocycles. The molecule has 0 spiro atoms. The number of rotatable bonds is 4. The van der Waals surface area contributed by atoms with Crippen LogP contribution in [-0.2, 0) is 20.9 Å². The first-order valence-corrected chi connectivity index (χ1v) is 8.19. The summed E-state index contributed by atoms with van der Waals surface area (Å²) < 4.78 is 1.87. The zero-order chi connectivity index (χ0) is 19.3. The smallest absolute Gasteiger partial charge is 0.303 e. The van der Waals surface area contributed by atoms with E-state index in [0.29, 0.717) is 6.54 Å². The molecular formula is C18H22N2O6. The quantitative estimate of drug-likeness (QED) is 0.747. The molecule has 1 aliphatic heterocycles. The van der Waals surface area contributed by atoms with E-state index in [9.17, 15) is 14.7 Å². The highest BCUT2D eigenvalue weighted by atomic mass is 16.4. The number of hydrogen-bond acceptors (Lipinski definition) is 4. The summed E-state index contributed by atoms with van der Waals surface area (Å²) in [5, 5.41) is 27.2. The van der Waals surface area contributed by atoms with Crippen LogP contribution in [0.25, 0.3) is 10.9 Å². The van der Waals surface area contributed by atoms with Crippen LogP contribution in [0.1, 0.15) is 13.3 Å². The van der Waals surface area contributed by atoms with Gasteiger partial charge in [-0.3, -0.25) is 14.4 Å². The molecule has 1 fully saturated rings. The summed E-state index contributed by atoms with van der Waals surface area (Å²) in [5.74, 6) is -2.27. The lowest BCUT2D eigenvalue weighted by atomic mass is 10.0. The van der Waals surface area contributed by atoms with Gasteiger partial charge in [-0.2, -0.15) is 0 Å². The molecule has 26 heavy (non-hydrogen) atoms. The number of nitrogens with zero attached hydrogens (tertiary/aromatic N) is 2. The van der Waals surface area contributed by atoms with Crippen molar-refractivity contribution in [2.75, 3.05) is 13.1 Å². The van der Waals surface area contributed by atoms with Gasteiger partial charge in [0.25, 0.3) is 5.97 Å². The van der Waals surface area contributed by atoms with E-state index in [0.717, 1.165) is 17.8 Å². The van der Waals surface area contributed by atoms with Gasteiger partial charge in [-0.1, -0.05) is 18.2 Å². The van der Waals surface area contributed by atoms with Crippen molar-refractivity contribution < 1.29 is 29.7 Å². The summed E-state index contributed by atoms with van der Waals surface area (Å²) in [6.07, 6.45) is 0.989. The molecular weight excluding hydrogens is 340 g/mol. The molecule has 2 heterocycles. The Kier molecular flexibility index (Phi) is 6.35. The Morgan fingerprint density at radius 1 is 1.12 bits per heavy atom. The minimum absolute atomic E-state index is 0.103. The largest absolute Gasteiger partial charge is 0.481 e. The van der Waals surface area contributed by atoms with Gasteiger partial charge in [-0.25, -0.2) is 0 Å². The molecule has 0 aliphatic carbocycles. The topological polar surface area (TPSA) is 120 Å². The third kappa shape index (κ3) is 5.06. The maximum atomic E-state index is 12.4. The van der Waals surface area contributed by atoms with Crippen molar-refractivity contribution in [1.29, 1.82) is 0 Å².